The molecule has 0 aliphatic heterocycles. The van der Waals surface area contributed by atoms with Crippen molar-refractivity contribution in [2.75, 3.05) is 20.3 Å². The summed E-state index contributed by atoms with van der Waals surface area (Å²) >= 11 is 3.33. The highest BCUT2D eigenvalue weighted by Gasteiger charge is 2.22. The predicted molar refractivity (Wildman–Crippen MR) is 74.8 cm³/mol. The molecule has 1 atom stereocenters. The molecule has 7 heteroatoms. The van der Waals surface area contributed by atoms with Crippen molar-refractivity contribution in [2.24, 2.45) is 0 Å². The Hall–Kier alpha value is -1.47. The number of benzene rings is 1. The molecule has 0 saturated carbocycles. The van der Waals surface area contributed by atoms with Crippen LogP contribution in [0.1, 0.15) is 15.9 Å². The third-order valence-corrected chi connectivity index (χ3v) is 3.09. The van der Waals surface area contributed by atoms with Gasteiger partial charge in [0.25, 0.3) is 11.6 Å². The van der Waals surface area contributed by atoms with E-state index in [0.29, 0.717) is 18.7 Å². The smallest absolute Gasteiger partial charge is 0.282 e. The molecule has 1 rings (SSSR count). The first-order valence-corrected chi connectivity index (χ1v) is 6.54. The first kappa shape index (κ1) is 15.6. The summed E-state index contributed by atoms with van der Waals surface area (Å²) in [6, 6.07) is 4.55. The molecule has 0 aliphatic rings. The maximum absolute atomic E-state index is 12.0. The van der Waals surface area contributed by atoms with E-state index in [9.17, 15) is 14.9 Å². The highest BCUT2D eigenvalue weighted by atomic mass is 79.9. The number of ether oxygens (including phenoxy) is 1. The number of hydrogen-bond donors (Lipinski definition) is 1. The molecule has 1 aromatic rings. The minimum absolute atomic E-state index is 0.0375. The lowest BCUT2D eigenvalue weighted by molar-refractivity contribution is -0.385. The molecule has 0 bridgehead atoms. The topological polar surface area (TPSA) is 81.5 Å². The number of carbonyl (C=O) groups is 1. The van der Waals surface area contributed by atoms with Crippen LogP contribution >= 0.6 is 15.9 Å². The standard InChI is InChI=1S/C12H15BrN2O4/c1-8-4-3-5-10(15(17)18)11(8)12(16)14-6-9(13)7-19-2/h3-5,9H,6-7H2,1-2H3,(H,14,16). The van der Waals surface area contributed by atoms with Gasteiger partial charge < -0.3 is 10.1 Å². The molecular formula is C12H15BrN2O4. The van der Waals surface area contributed by atoms with Gasteiger partial charge in [-0.25, -0.2) is 0 Å². The van der Waals surface area contributed by atoms with Crippen LogP contribution in [0.4, 0.5) is 5.69 Å². The summed E-state index contributed by atoms with van der Waals surface area (Å²) in [7, 11) is 1.56. The van der Waals surface area contributed by atoms with E-state index in [4.69, 9.17) is 4.74 Å². The molecule has 1 unspecified atom stereocenters. The average Bonchev–Trinajstić information content (AvgIpc) is 2.36. The predicted octanol–water partition coefficient (Wildman–Crippen LogP) is 2.04. The van der Waals surface area contributed by atoms with E-state index < -0.39 is 10.8 Å². The summed E-state index contributed by atoms with van der Waals surface area (Å²) < 4.78 is 4.92. The Morgan fingerprint density at radius 3 is 2.84 bits per heavy atom. The zero-order valence-corrected chi connectivity index (χ0v) is 12.3. The van der Waals surface area contributed by atoms with Crippen molar-refractivity contribution in [3.8, 4) is 0 Å². The SMILES string of the molecule is COCC(Br)CNC(=O)c1c(C)cccc1[N+](=O)[O-]. The van der Waals surface area contributed by atoms with E-state index >= 15 is 0 Å². The summed E-state index contributed by atoms with van der Waals surface area (Å²) in [5, 5.41) is 13.6. The van der Waals surface area contributed by atoms with Crippen LogP contribution in [-0.4, -0.2) is 35.9 Å². The van der Waals surface area contributed by atoms with E-state index in [1.807, 2.05) is 0 Å². The van der Waals surface area contributed by atoms with Gasteiger partial charge in [0.1, 0.15) is 5.56 Å². The number of rotatable bonds is 6. The Labute approximate surface area is 119 Å². The fourth-order valence-electron chi connectivity index (χ4n) is 1.63. The van der Waals surface area contributed by atoms with E-state index in [0.717, 1.165) is 0 Å². The van der Waals surface area contributed by atoms with Crippen molar-refractivity contribution < 1.29 is 14.5 Å². The molecule has 0 aromatic heterocycles. The van der Waals surface area contributed by atoms with Crippen molar-refractivity contribution in [3.63, 3.8) is 0 Å². The van der Waals surface area contributed by atoms with Gasteiger partial charge >= 0.3 is 0 Å². The Bertz CT molecular complexity index is 479. The van der Waals surface area contributed by atoms with Crippen molar-refractivity contribution in [1.82, 2.24) is 5.32 Å². The van der Waals surface area contributed by atoms with Crippen LogP contribution < -0.4 is 5.32 Å². The Morgan fingerprint density at radius 1 is 1.58 bits per heavy atom. The molecule has 0 spiro atoms. The number of amides is 1. The molecule has 0 heterocycles. The first-order chi connectivity index (χ1) is 8.97. The molecule has 1 aromatic carbocycles. The third kappa shape index (κ3) is 4.29. The van der Waals surface area contributed by atoms with Crippen LogP contribution in [-0.2, 0) is 4.74 Å². The number of hydrogen-bond acceptors (Lipinski definition) is 4. The summed E-state index contributed by atoms with van der Waals surface area (Å²) in [6.07, 6.45) is 0. The summed E-state index contributed by atoms with van der Waals surface area (Å²) in [5.74, 6) is -0.453. The second-order valence-electron chi connectivity index (χ2n) is 3.99. The number of methoxy groups -OCH3 is 1. The quantitative estimate of drug-likeness (QED) is 0.491. The normalized spacial score (nSPS) is 11.9. The van der Waals surface area contributed by atoms with Gasteiger partial charge in [-0.1, -0.05) is 28.1 Å². The van der Waals surface area contributed by atoms with E-state index in [-0.39, 0.29) is 16.1 Å². The number of nitro groups is 1. The fraction of sp³-hybridized carbons (Fsp3) is 0.417. The minimum atomic E-state index is -0.553. The lowest BCUT2D eigenvalue weighted by Crippen LogP contribution is -2.32. The molecule has 1 N–H and O–H groups in total. The largest absolute Gasteiger partial charge is 0.383 e. The first-order valence-electron chi connectivity index (χ1n) is 5.62. The summed E-state index contributed by atoms with van der Waals surface area (Å²) in [5.41, 5.74) is 0.490. The summed E-state index contributed by atoms with van der Waals surface area (Å²) in [4.78, 5) is 22.3. The van der Waals surface area contributed by atoms with Gasteiger partial charge in [0.2, 0.25) is 0 Å². The van der Waals surface area contributed by atoms with Crippen LogP contribution in [0.25, 0.3) is 0 Å². The van der Waals surface area contributed by atoms with Gasteiger partial charge in [0.15, 0.2) is 0 Å². The van der Waals surface area contributed by atoms with Gasteiger partial charge in [0, 0.05) is 19.7 Å². The van der Waals surface area contributed by atoms with Gasteiger partial charge in [-0.3, -0.25) is 14.9 Å². The maximum Gasteiger partial charge on any atom is 0.282 e. The van der Waals surface area contributed by atoms with Crippen molar-refractivity contribution in [3.05, 3.63) is 39.4 Å². The van der Waals surface area contributed by atoms with Crippen LogP contribution in [0.5, 0.6) is 0 Å². The highest BCUT2D eigenvalue weighted by molar-refractivity contribution is 9.09. The molecule has 104 valence electrons. The number of aryl methyl sites for hydroxylation is 1. The molecule has 0 radical (unpaired) electrons. The Kier molecular flexibility index (Phi) is 5.91. The molecule has 19 heavy (non-hydrogen) atoms. The highest BCUT2D eigenvalue weighted by Crippen LogP contribution is 2.21. The Morgan fingerprint density at radius 2 is 2.26 bits per heavy atom. The molecule has 6 nitrogen and oxygen atoms in total. The lowest BCUT2D eigenvalue weighted by atomic mass is 10.1. The molecule has 1 amide bonds. The van der Waals surface area contributed by atoms with E-state index in [1.165, 1.54) is 6.07 Å². The second-order valence-corrected chi connectivity index (χ2v) is 5.28. The average molecular weight is 331 g/mol. The maximum atomic E-state index is 12.0. The number of nitrogens with zero attached hydrogens (tertiary/aromatic N) is 1. The molecule has 0 fully saturated rings. The molecular weight excluding hydrogens is 316 g/mol. The van der Waals surface area contributed by atoms with Gasteiger partial charge in [0.05, 0.1) is 16.4 Å². The molecule has 0 aliphatic carbocycles. The zero-order chi connectivity index (χ0) is 14.4. The van der Waals surface area contributed by atoms with Crippen LogP contribution in [0.15, 0.2) is 18.2 Å². The monoisotopic (exact) mass is 330 g/mol. The number of nitro benzene ring substituents is 1. The second kappa shape index (κ2) is 7.20. The zero-order valence-electron chi connectivity index (χ0n) is 10.7. The fourth-order valence-corrected chi connectivity index (χ4v) is 2.06. The third-order valence-electron chi connectivity index (χ3n) is 2.51. The van der Waals surface area contributed by atoms with Crippen LogP contribution in [0, 0.1) is 17.0 Å². The number of halogens is 1. The van der Waals surface area contributed by atoms with Gasteiger partial charge in [-0.05, 0) is 12.5 Å². The number of carbonyl (C=O) groups excluding carboxylic acids is 1. The van der Waals surface area contributed by atoms with Crippen molar-refractivity contribution in [1.29, 1.82) is 0 Å². The van der Waals surface area contributed by atoms with Crippen LogP contribution in [0.3, 0.4) is 0 Å². The van der Waals surface area contributed by atoms with Crippen molar-refractivity contribution in [2.45, 2.75) is 11.8 Å². The Balaban J connectivity index is 2.85. The van der Waals surface area contributed by atoms with Gasteiger partial charge in [-0.15, -0.1) is 0 Å². The van der Waals surface area contributed by atoms with E-state index in [1.54, 1.807) is 26.2 Å². The number of nitrogens with one attached hydrogen (secondary N) is 1. The van der Waals surface area contributed by atoms with Crippen LogP contribution in [0.2, 0.25) is 0 Å². The van der Waals surface area contributed by atoms with E-state index in [2.05, 4.69) is 21.2 Å². The van der Waals surface area contributed by atoms with Gasteiger partial charge in [-0.2, -0.15) is 0 Å². The molecule has 0 saturated heterocycles. The summed E-state index contributed by atoms with van der Waals surface area (Å²) in [6.45, 7) is 2.44. The minimum Gasteiger partial charge on any atom is -0.383 e. The number of alkyl halides is 1. The van der Waals surface area contributed by atoms with Crippen molar-refractivity contribution >= 4 is 27.5 Å². The lowest BCUT2D eigenvalue weighted by Gasteiger charge is -2.11.